The van der Waals surface area contributed by atoms with E-state index in [2.05, 4.69) is 22.4 Å². The lowest BCUT2D eigenvalue weighted by Gasteiger charge is -2.13. The predicted molar refractivity (Wildman–Crippen MR) is 83.6 cm³/mol. The fraction of sp³-hybridized carbons (Fsp3) is 0.471. The Kier molecular flexibility index (Phi) is 3.97. The molecule has 1 atom stereocenters. The van der Waals surface area contributed by atoms with E-state index in [-0.39, 0.29) is 0 Å². The number of carboxylic acids is 1. The molecular formula is C17H22N2O2. The molecular weight excluding hydrogens is 264 g/mol. The lowest BCUT2D eigenvalue weighted by Crippen LogP contribution is -2.27. The zero-order valence-electron chi connectivity index (χ0n) is 12.4. The van der Waals surface area contributed by atoms with Crippen LogP contribution in [-0.4, -0.2) is 22.6 Å². The van der Waals surface area contributed by atoms with Crippen LogP contribution in [0.1, 0.15) is 48.9 Å². The molecule has 1 aliphatic rings. The summed E-state index contributed by atoms with van der Waals surface area (Å²) in [5.41, 5.74) is 4.70. The zero-order valence-corrected chi connectivity index (χ0v) is 12.4. The fourth-order valence-corrected chi connectivity index (χ4v) is 3.33. The van der Waals surface area contributed by atoms with Crippen molar-refractivity contribution in [2.45, 2.75) is 45.1 Å². The van der Waals surface area contributed by atoms with Gasteiger partial charge in [0, 0.05) is 22.7 Å². The number of aromatic amines is 1. The zero-order chi connectivity index (χ0) is 14.8. The van der Waals surface area contributed by atoms with Crippen LogP contribution in [-0.2, 0) is 17.6 Å². The molecule has 0 amide bonds. The van der Waals surface area contributed by atoms with Gasteiger partial charge in [-0.15, -0.1) is 0 Å². The molecule has 1 heterocycles. The van der Waals surface area contributed by atoms with Crippen molar-refractivity contribution in [3.63, 3.8) is 0 Å². The first-order chi connectivity index (χ1) is 10.2. The molecule has 0 bridgehead atoms. The Balaban J connectivity index is 2.08. The molecule has 0 fully saturated rings. The Hall–Kier alpha value is -1.81. The van der Waals surface area contributed by atoms with E-state index in [0.717, 1.165) is 29.3 Å². The van der Waals surface area contributed by atoms with Crippen molar-refractivity contribution in [1.29, 1.82) is 0 Å². The lowest BCUT2D eigenvalue weighted by atomic mass is 9.97. The molecule has 3 N–H and O–H groups in total. The van der Waals surface area contributed by atoms with Gasteiger partial charge >= 0.3 is 5.97 Å². The Bertz CT molecular complexity index is 660. The first-order valence-corrected chi connectivity index (χ1v) is 7.79. The van der Waals surface area contributed by atoms with Crippen LogP contribution in [0.5, 0.6) is 0 Å². The molecule has 1 aromatic heterocycles. The second-order valence-electron chi connectivity index (χ2n) is 5.80. The molecule has 21 heavy (non-hydrogen) atoms. The summed E-state index contributed by atoms with van der Waals surface area (Å²) in [6.45, 7) is 2.56. The Morgan fingerprint density at radius 2 is 2.00 bits per heavy atom. The Morgan fingerprint density at radius 1 is 1.29 bits per heavy atom. The van der Waals surface area contributed by atoms with Crippen LogP contribution >= 0.6 is 0 Å². The van der Waals surface area contributed by atoms with Crippen molar-refractivity contribution < 1.29 is 9.90 Å². The highest BCUT2D eigenvalue weighted by atomic mass is 16.4. The van der Waals surface area contributed by atoms with Crippen molar-refractivity contribution in [2.24, 2.45) is 0 Å². The number of carboxylic acid groups (broad SMARTS) is 1. The van der Waals surface area contributed by atoms with Crippen molar-refractivity contribution in [1.82, 2.24) is 10.3 Å². The summed E-state index contributed by atoms with van der Waals surface area (Å²) in [5.74, 6) is -0.826. The number of rotatable bonds is 4. The van der Waals surface area contributed by atoms with Gasteiger partial charge in [0.2, 0.25) is 0 Å². The van der Waals surface area contributed by atoms with Crippen LogP contribution in [0.3, 0.4) is 0 Å². The van der Waals surface area contributed by atoms with Crippen LogP contribution in [0.4, 0.5) is 0 Å². The highest BCUT2D eigenvalue weighted by molar-refractivity contribution is 5.90. The van der Waals surface area contributed by atoms with E-state index in [1.165, 1.54) is 30.4 Å². The van der Waals surface area contributed by atoms with Crippen LogP contribution in [0.25, 0.3) is 10.9 Å². The van der Waals surface area contributed by atoms with Crippen LogP contribution in [0.2, 0.25) is 0 Å². The van der Waals surface area contributed by atoms with Crippen molar-refractivity contribution in [3.05, 3.63) is 35.0 Å². The normalized spacial score (nSPS) is 16.4. The lowest BCUT2D eigenvalue weighted by molar-refractivity contribution is -0.139. The van der Waals surface area contributed by atoms with Gasteiger partial charge in [0.15, 0.2) is 0 Å². The molecule has 112 valence electrons. The minimum Gasteiger partial charge on any atom is -0.480 e. The van der Waals surface area contributed by atoms with Crippen molar-refractivity contribution in [3.8, 4) is 0 Å². The van der Waals surface area contributed by atoms with Crippen LogP contribution in [0, 0.1) is 0 Å². The number of aryl methyl sites for hydroxylation is 2. The summed E-state index contributed by atoms with van der Waals surface area (Å²) < 4.78 is 0. The van der Waals surface area contributed by atoms with Gasteiger partial charge in [-0.1, -0.05) is 13.3 Å². The number of H-pyrrole nitrogens is 1. The molecule has 1 aromatic carbocycles. The third kappa shape index (κ3) is 2.68. The monoisotopic (exact) mass is 286 g/mol. The number of benzene rings is 1. The van der Waals surface area contributed by atoms with E-state index in [9.17, 15) is 9.90 Å². The van der Waals surface area contributed by atoms with E-state index in [1.807, 2.05) is 13.1 Å². The second-order valence-corrected chi connectivity index (χ2v) is 5.80. The topological polar surface area (TPSA) is 65.1 Å². The minimum absolute atomic E-state index is 0.634. The molecule has 2 aromatic rings. The molecule has 4 heteroatoms. The first-order valence-electron chi connectivity index (χ1n) is 7.79. The summed E-state index contributed by atoms with van der Waals surface area (Å²) in [4.78, 5) is 14.7. The maximum atomic E-state index is 11.5. The molecule has 1 aliphatic carbocycles. The van der Waals surface area contributed by atoms with Gasteiger partial charge < -0.3 is 15.4 Å². The molecule has 1 unspecified atom stereocenters. The van der Waals surface area contributed by atoms with Gasteiger partial charge in [-0.2, -0.15) is 0 Å². The Morgan fingerprint density at radius 3 is 2.67 bits per heavy atom. The number of aromatic nitrogens is 1. The van der Waals surface area contributed by atoms with Gasteiger partial charge in [-0.05, 0) is 55.5 Å². The molecule has 0 saturated carbocycles. The minimum atomic E-state index is -0.826. The molecule has 0 radical (unpaired) electrons. The standard InChI is InChI=1S/C17H22N2O2/c1-2-18-16(17(20)21)14-10-19-15-9-12-7-5-3-4-6-11(12)8-13(14)15/h8-10,16,18-19H,2-7H2,1H3,(H,20,21). The van der Waals surface area contributed by atoms with Crippen LogP contribution in [0.15, 0.2) is 18.3 Å². The molecule has 0 aliphatic heterocycles. The summed E-state index contributed by atoms with van der Waals surface area (Å²) in [5, 5.41) is 13.5. The number of hydrogen-bond donors (Lipinski definition) is 3. The van der Waals surface area contributed by atoms with Gasteiger partial charge in [0.1, 0.15) is 6.04 Å². The van der Waals surface area contributed by atoms with Gasteiger partial charge in [0.05, 0.1) is 0 Å². The number of hydrogen-bond acceptors (Lipinski definition) is 2. The average molecular weight is 286 g/mol. The Labute approximate surface area is 124 Å². The van der Waals surface area contributed by atoms with E-state index in [0.29, 0.717) is 6.54 Å². The largest absolute Gasteiger partial charge is 0.480 e. The van der Waals surface area contributed by atoms with E-state index in [1.54, 1.807) is 0 Å². The quantitative estimate of drug-likeness (QED) is 0.756. The third-order valence-electron chi connectivity index (χ3n) is 4.39. The number of nitrogens with one attached hydrogen (secondary N) is 2. The first kappa shape index (κ1) is 14.1. The van der Waals surface area contributed by atoms with E-state index >= 15 is 0 Å². The second kappa shape index (κ2) is 5.90. The number of aliphatic carboxylic acids is 1. The van der Waals surface area contributed by atoms with Gasteiger partial charge in [-0.3, -0.25) is 4.79 Å². The van der Waals surface area contributed by atoms with Gasteiger partial charge in [0.25, 0.3) is 0 Å². The summed E-state index contributed by atoms with van der Waals surface area (Å²) in [6, 6.07) is 3.77. The summed E-state index contributed by atoms with van der Waals surface area (Å²) in [7, 11) is 0. The fourth-order valence-electron chi connectivity index (χ4n) is 3.33. The highest BCUT2D eigenvalue weighted by Crippen LogP contribution is 2.30. The maximum Gasteiger partial charge on any atom is 0.325 e. The molecule has 0 saturated heterocycles. The molecule has 3 rings (SSSR count). The van der Waals surface area contributed by atoms with Crippen molar-refractivity contribution in [2.75, 3.05) is 6.54 Å². The highest BCUT2D eigenvalue weighted by Gasteiger charge is 2.22. The SMILES string of the molecule is CCNC(C(=O)O)c1c[nH]c2cc3c(cc12)CCCCC3. The van der Waals surface area contributed by atoms with E-state index < -0.39 is 12.0 Å². The molecule has 0 spiro atoms. The number of carbonyl (C=O) groups is 1. The maximum absolute atomic E-state index is 11.5. The predicted octanol–water partition coefficient (Wildman–Crippen LogP) is 3.17. The smallest absolute Gasteiger partial charge is 0.325 e. The third-order valence-corrected chi connectivity index (χ3v) is 4.39. The summed E-state index contributed by atoms with van der Waals surface area (Å²) >= 11 is 0. The summed E-state index contributed by atoms with van der Waals surface area (Å²) in [6.07, 6.45) is 7.84. The van der Waals surface area contributed by atoms with Crippen molar-refractivity contribution >= 4 is 16.9 Å². The number of fused-ring (bicyclic) bond motifs is 2. The van der Waals surface area contributed by atoms with E-state index in [4.69, 9.17) is 0 Å². The van der Waals surface area contributed by atoms with Crippen LogP contribution < -0.4 is 5.32 Å². The molecule has 4 nitrogen and oxygen atoms in total. The van der Waals surface area contributed by atoms with Gasteiger partial charge in [-0.25, -0.2) is 0 Å². The average Bonchev–Trinajstić information content (AvgIpc) is 2.71. The number of likely N-dealkylation sites (N-methyl/N-ethyl adjacent to an activating group) is 1.